The number of cyclic esters (lactones) is 1. The summed E-state index contributed by atoms with van der Waals surface area (Å²) in [5, 5.41) is 9.61. The van der Waals surface area contributed by atoms with E-state index in [1.165, 1.54) is 12.2 Å². The maximum atomic E-state index is 11.5. The van der Waals surface area contributed by atoms with Crippen molar-refractivity contribution in [2.75, 3.05) is 0 Å². The fourth-order valence-electron chi connectivity index (χ4n) is 1.50. The molecule has 0 spiro atoms. The number of rotatable bonds is 4. The lowest BCUT2D eigenvalue weighted by Gasteiger charge is -2.15. The van der Waals surface area contributed by atoms with Gasteiger partial charge in [-0.3, -0.25) is 0 Å². The van der Waals surface area contributed by atoms with Gasteiger partial charge in [0.15, 0.2) is 12.2 Å². The number of benzene rings is 1. The minimum absolute atomic E-state index is 0.0705. The molecular formula is C13H12O5. The van der Waals surface area contributed by atoms with Crippen molar-refractivity contribution in [3.05, 3.63) is 48.0 Å². The Morgan fingerprint density at radius 1 is 1.39 bits per heavy atom. The normalized spacial score (nSPS) is 19.4. The van der Waals surface area contributed by atoms with Gasteiger partial charge in [0.05, 0.1) is 0 Å². The van der Waals surface area contributed by atoms with E-state index in [0.29, 0.717) is 0 Å². The molecule has 2 atom stereocenters. The third-order valence-corrected chi connectivity index (χ3v) is 2.45. The van der Waals surface area contributed by atoms with E-state index in [9.17, 15) is 14.7 Å². The zero-order valence-corrected chi connectivity index (χ0v) is 9.48. The molecule has 1 aliphatic heterocycles. The van der Waals surface area contributed by atoms with Crippen LogP contribution in [0.5, 0.6) is 0 Å². The highest BCUT2D eigenvalue weighted by atomic mass is 16.6. The fraction of sp³-hybridized carbons (Fsp3) is 0.231. The molecule has 5 heteroatoms. The molecule has 0 radical (unpaired) electrons. The van der Waals surface area contributed by atoms with Crippen LogP contribution in [0.25, 0.3) is 0 Å². The summed E-state index contributed by atoms with van der Waals surface area (Å²) in [7, 11) is 0. The highest BCUT2D eigenvalue weighted by Crippen LogP contribution is 2.11. The van der Waals surface area contributed by atoms with Crippen LogP contribution in [0.4, 0.5) is 0 Å². The Kier molecular flexibility index (Phi) is 3.74. The first-order valence-corrected chi connectivity index (χ1v) is 5.44. The highest BCUT2D eigenvalue weighted by molar-refractivity contribution is 5.86. The molecule has 1 N–H and O–H groups in total. The summed E-state index contributed by atoms with van der Waals surface area (Å²) in [6.45, 7) is 0.0705. The van der Waals surface area contributed by atoms with Gasteiger partial charge in [0, 0.05) is 6.08 Å². The van der Waals surface area contributed by atoms with Gasteiger partial charge in [-0.1, -0.05) is 30.3 Å². The largest absolute Gasteiger partial charge is 0.459 e. The molecule has 0 saturated carbocycles. The molecule has 1 aromatic rings. The summed E-state index contributed by atoms with van der Waals surface area (Å²) in [5.74, 6) is -1.39. The summed E-state index contributed by atoms with van der Waals surface area (Å²) in [6.07, 6.45) is 0.0481. The van der Waals surface area contributed by atoms with Gasteiger partial charge in [0.1, 0.15) is 6.61 Å². The number of esters is 2. The Morgan fingerprint density at radius 3 is 2.72 bits per heavy atom. The van der Waals surface area contributed by atoms with Crippen LogP contribution in [0.2, 0.25) is 0 Å². The lowest BCUT2D eigenvalue weighted by Crippen LogP contribution is -2.35. The van der Waals surface area contributed by atoms with Gasteiger partial charge in [-0.2, -0.15) is 0 Å². The summed E-state index contributed by atoms with van der Waals surface area (Å²) >= 11 is 0. The maximum absolute atomic E-state index is 11.5. The number of aliphatic hydroxyl groups excluding tert-OH is 1. The molecule has 1 heterocycles. The zero-order chi connectivity index (χ0) is 13.0. The molecule has 94 valence electrons. The number of carbonyl (C=O) groups excluding carboxylic acids is 2. The van der Waals surface area contributed by atoms with Crippen molar-refractivity contribution in [2.45, 2.75) is 18.8 Å². The SMILES string of the molecule is O=C1C=C[C@@H]([C@H](O)C(=O)OCc2ccccc2)O1. The summed E-state index contributed by atoms with van der Waals surface area (Å²) in [5.41, 5.74) is 0.817. The molecule has 2 rings (SSSR count). The average molecular weight is 248 g/mol. The first-order chi connectivity index (χ1) is 8.66. The van der Waals surface area contributed by atoms with Crippen molar-refractivity contribution >= 4 is 11.9 Å². The van der Waals surface area contributed by atoms with Crippen molar-refractivity contribution in [3.8, 4) is 0 Å². The van der Waals surface area contributed by atoms with Gasteiger partial charge in [0.2, 0.25) is 0 Å². The maximum Gasteiger partial charge on any atom is 0.339 e. The summed E-state index contributed by atoms with van der Waals surface area (Å²) in [6, 6.07) is 9.09. The molecule has 0 saturated heterocycles. The van der Waals surface area contributed by atoms with E-state index in [1.807, 2.05) is 18.2 Å². The van der Waals surface area contributed by atoms with Crippen molar-refractivity contribution in [1.29, 1.82) is 0 Å². The van der Waals surface area contributed by atoms with Crippen LogP contribution in [0.3, 0.4) is 0 Å². The lowest BCUT2D eigenvalue weighted by molar-refractivity contribution is -0.163. The van der Waals surface area contributed by atoms with Crippen LogP contribution in [-0.4, -0.2) is 29.3 Å². The molecule has 0 unspecified atom stereocenters. The van der Waals surface area contributed by atoms with Gasteiger partial charge in [-0.05, 0) is 11.6 Å². The average Bonchev–Trinajstić information content (AvgIpc) is 2.83. The molecule has 0 fully saturated rings. The molecule has 0 aromatic heterocycles. The van der Waals surface area contributed by atoms with Crippen molar-refractivity contribution in [2.24, 2.45) is 0 Å². The second kappa shape index (κ2) is 5.46. The van der Waals surface area contributed by atoms with E-state index in [2.05, 4.69) is 0 Å². The topological polar surface area (TPSA) is 72.8 Å². The van der Waals surface area contributed by atoms with Gasteiger partial charge < -0.3 is 14.6 Å². The van der Waals surface area contributed by atoms with Gasteiger partial charge in [0.25, 0.3) is 0 Å². The second-order valence-corrected chi connectivity index (χ2v) is 3.80. The standard InChI is InChI=1S/C13H12O5/c14-11-7-6-10(18-11)12(15)13(16)17-8-9-4-2-1-3-5-9/h1-7,10,12,15H,8H2/t10-,12-/m0/s1. The molecular weight excluding hydrogens is 236 g/mol. The van der Waals surface area contributed by atoms with E-state index in [1.54, 1.807) is 12.1 Å². The van der Waals surface area contributed by atoms with E-state index in [-0.39, 0.29) is 6.61 Å². The molecule has 0 amide bonds. The summed E-state index contributed by atoms with van der Waals surface area (Å²) < 4.78 is 9.62. The first kappa shape index (κ1) is 12.3. The monoisotopic (exact) mass is 248 g/mol. The Bertz CT molecular complexity index is 466. The number of ether oxygens (including phenoxy) is 2. The predicted octanol–water partition coefficient (Wildman–Crippen LogP) is 0.572. The van der Waals surface area contributed by atoms with Crippen LogP contribution >= 0.6 is 0 Å². The Hall–Kier alpha value is -2.14. The molecule has 0 aliphatic carbocycles. The minimum atomic E-state index is -1.49. The zero-order valence-electron chi connectivity index (χ0n) is 9.48. The molecule has 1 aromatic carbocycles. The third-order valence-electron chi connectivity index (χ3n) is 2.45. The van der Waals surface area contributed by atoms with E-state index >= 15 is 0 Å². The number of aliphatic hydroxyl groups is 1. The second-order valence-electron chi connectivity index (χ2n) is 3.80. The van der Waals surface area contributed by atoms with Crippen molar-refractivity contribution < 1.29 is 24.2 Å². The van der Waals surface area contributed by atoms with E-state index in [0.717, 1.165) is 5.56 Å². The van der Waals surface area contributed by atoms with Crippen LogP contribution in [0.1, 0.15) is 5.56 Å². The van der Waals surface area contributed by atoms with E-state index < -0.39 is 24.1 Å². The third kappa shape index (κ3) is 2.95. The van der Waals surface area contributed by atoms with Crippen LogP contribution < -0.4 is 0 Å². The molecule has 5 nitrogen and oxygen atoms in total. The predicted molar refractivity (Wildman–Crippen MR) is 61.3 cm³/mol. The molecule has 18 heavy (non-hydrogen) atoms. The Morgan fingerprint density at radius 2 is 2.11 bits per heavy atom. The van der Waals surface area contributed by atoms with Crippen molar-refractivity contribution in [3.63, 3.8) is 0 Å². The fourth-order valence-corrected chi connectivity index (χ4v) is 1.50. The van der Waals surface area contributed by atoms with Gasteiger partial charge in [-0.15, -0.1) is 0 Å². The minimum Gasteiger partial charge on any atom is -0.459 e. The van der Waals surface area contributed by atoms with E-state index in [4.69, 9.17) is 9.47 Å². The Labute approximate surface area is 104 Å². The lowest BCUT2D eigenvalue weighted by atomic mass is 10.2. The van der Waals surface area contributed by atoms with Gasteiger partial charge in [-0.25, -0.2) is 9.59 Å². The van der Waals surface area contributed by atoms with Crippen LogP contribution in [0.15, 0.2) is 42.5 Å². The Balaban J connectivity index is 1.85. The quantitative estimate of drug-likeness (QED) is 0.789. The number of hydrogen-bond donors (Lipinski definition) is 1. The van der Waals surface area contributed by atoms with Gasteiger partial charge >= 0.3 is 11.9 Å². The highest BCUT2D eigenvalue weighted by Gasteiger charge is 2.31. The molecule has 0 bridgehead atoms. The van der Waals surface area contributed by atoms with Crippen molar-refractivity contribution in [1.82, 2.24) is 0 Å². The first-order valence-electron chi connectivity index (χ1n) is 5.44. The van der Waals surface area contributed by atoms with Crippen LogP contribution in [-0.2, 0) is 25.7 Å². The number of hydrogen-bond acceptors (Lipinski definition) is 5. The van der Waals surface area contributed by atoms with Crippen LogP contribution in [0, 0.1) is 0 Å². The smallest absolute Gasteiger partial charge is 0.339 e. The molecule has 1 aliphatic rings. The number of carbonyl (C=O) groups is 2. The summed E-state index contributed by atoms with van der Waals surface area (Å²) in [4.78, 5) is 22.3.